The number of pyridine rings is 1. The minimum Gasteiger partial charge on any atom is -0.494 e. The number of ether oxygens (including phenoxy) is 2. The Hall–Kier alpha value is -3.19. The largest absolute Gasteiger partial charge is 0.494 e. The predicted octanol–water partition coefficient (Wildman–Crippen LogP) is 5.04. The zero-order valence-electron chi connectivity index (χ0n) is 14.2. The van der Waals surface area contributed by atoms with Crippen molar-refractivity contribution in [2.75, 3.05) is 7.11 Å². The molecule has 2 aromatic carbocycles. The van der Waals surface area contributed by atoms with Gasteiger partial charge in [0.1, 0.15) is 6.61 Å². The summed E-state index contributed by atoms with van der Waals surface area (Å²) in [5.41, 5.74) is 0.686. The molecule has 0 spiro atoms. The van der Waals surface area contributed by atoms with E-state index in [2.05, 4.69) is 4.98 Å². The standard InChI is InChI=1S/C19H14ClFN2O4/c1-26-17-10-15(20)14(9-16(17)21)13-7-8-22-19(18(13)23(24)25)27-11-12-5-3-2-4-6-12/h2-10H,11H2,1H3. The van der Waals surface area contributed by atoms with Gasteiger partial charge in [-0.25, -0.2) is 9.37 Å². The summed E-state index contributed by atoms with van der Waals surface area (Å²) >= 11 is 6.19. The molecule has 0 bridgehead atoms. The molecule has 0 radical (unpaired) electrons. The minimum absolute atomic E-state index is 0.0546. The fraction of sp³-hybridized carbons (Fsp3) is 0.105. The molecular formula is C19H14ClFN2O4. The first-order chi connectivity index (χ1) is 13.0. The molecule has 6 nitrogen and oxygen atoms in total. The van der Waals surface area contributed by atoms with Gasteiger partial charge in [-0.05, 0) is 17.7 Å². The van der Waals surface area contributed by atoms with Crippen LogP contribution in [0.5, 0.6) is 11.6 Å². The maximum absolute atomic E-state index is 14.1. The number of nitro groups is 1. The van der Waals surface area contributed by atoms with Crippen molar-refractivity contribution in [3.05, 3.63) is 81.2 Å². The zero-order chi connectivity index (χ0) is 19.4. The Bertz CT molecular complexity index is 983. The van der Waals surface area contributed by atoms with E-state index in [-0.39, 0.29) is 40.1 Å². The van der Waals surface area contributed by atoms with Gasteiger partial charge in [0, 0.05) is 17.8 Å². The Morgan fingerprint density at radius 1 is 1.19 bits per heavy atom. The van der Waals surface area contributed by atoms with Crippen molar-refractivity contribution in [1.82, 2.24) is 4.98 Å². The number of benzene rings is 2. The highest BCUT2D eigenvalue weighted by molar-refractivity contribution is 6.33. The second-order valence-electron chi connectivity index (χ2n) is 5.51. The van der Waals surface area contributed by atoms with Crippen LogP contribution in [0, 0.1) is 15.9 Å². The lowest BCUT2D eigenvalue weighted by molar-refractivity contribution is -0.385. The van der Waals surface area contributed by atoms with Crippen molar-refractivity contribution in [3.63, 3.8) is 0 Å². The molecular weight excluding hydrogens is 375 g/mol. The molecule has 3 aromatic rings. The summed E-state index contributed by atoms with van der Waals surface area (Å²) in [5.74, 6) is -0.913. The van der Waals surface area contributed by atoms with Crippen LogP contribution < -0.4 is 9.47 Å². The van der Waals surface area contributed by atoms with Crippen LogP contribution in [0.15, 0.2) is 54.7 Å². The maximum Gasteiger partial charge on any atom is 0.338 e. The molecule has 0 fully saturated rings. The number of nitrogens with zero attached hydrogens (tertiary/aromatic N) is 2. The third-order valence-electron chi connectivity index (χ3n) is 3.82. The van der Waals surface area contributed by atoms with Gasteiger partial charge in [0.2, 0.25) is 0 Å². The third-order valence-corrected chi connectivity index (χ3v) is 4.14. The summed E-state index contributed by atoms with van der Waals surface area (Å²) < 4.78 is 24.5. The second kappa shape index (κ2) is 8.01. The lowest BCUT2D eigenvalue weighted by Crippen LogP contribution is -2.03. The Labute approximate surface area is 159 Å². The fourth-order valence-electron chi connectivity index (χ4n) is 2.55. The van der Waals surface area contributed by atoms with E-state index in [1.54, 1.807) is 0 Å². The van der Waals surface area contributed by atoms with Gasteiger partial charge in [-0.3, -0.25) is 10.1 Å². The average Bonchev–Trinajstić information content (AvgIpc) is 2.68. The minimum atomic E-state index is -0.685. The second-order valence-corrected chi connectivity index (χ2v) is 5.92. The van der Waals surface area contributed by atoms with Crippen LogP contribution in [0.1, 0.15) is 5.56 Å². The Morgan fingerprint density at radius 2 is 1.93 bits per heavy atom. The molecule has 1 heterocycles. The van der Waals surface area contributed by atoms with Gasteiger partial charge in [0.25, 0.3) is 5.88 Å². The van der Waals surface area contributed by atoms with Crippen LogP contribution in [0.2, 0.25) is 5.02 Å². The average molecular weight is 389 g/mol. The van der Waals surface area contributed by atoms with Gasteiger partial charge >= 0.3 is 5.69 Å². The zero-order valence-corrected chi connectivity index (χ0v) is 14.9. The van der Waals surface area contributed by atoms with Crippen LogP contribution in [0.4, 0.5) is 10.1 Å². The molecule has 0 aliphatic rings. The van der Waals surface area contributed by atoms with E-state index in [0.29, 0.717) is 0 Å². The third kappa shape index (κ3) is 3.98. The van der Waals surface area contributed by atoms with Gasteiger partial charge < -0.3 is 9.47 Å². The lowest BCUT2D eigenvalue weighted by Gasteiger charge is -2.11. The first-order valence-electron chi connectivity index (χ1n) is 7.84. The van der Waals surface area contributed by atoms with Crippen molar-refractivity contribution in [3.8, 4) is 22.8 Å². The van der Waals surface area contributed by atoms with Crippen molar-refractivity contribution in [1.29, 1.82) is 0 Å². The number of aromatic nitrogens is 1. The van der Waals surface area contributed by atoms with E-state index >= 15 is 0 Å². The van der Waals surface area contributed by atoms with Crippen molar-refractivity contribution in [2.24, 2.45) is 0 Å². The van der Waals surface area contributed by atoms with E-state index in [1.165, 1.54) is 25.4 Å². The van der Waals surface area contributed by atoms with Gasteiger partial charge in [0.05, 0.1) is 22.6 Å². The monoisotopic (exact) mass is 388 g/mol. The first-order valence-corrected chi connectivity index (χ1v) is 8.22. The molecule has 1 aromatic heterocycles. The van der Waals surface area contributed by atoms with E-state index in [1.807, 2.05) is 30.3 Å². The van der Waals surface area contributed by atoms with Gasteiger partial charge in [-0.1, -0.05) is 41.9 Å². The quantitative estimate of drug-likeness (QED) is 0.437. The first kappa shape index (κ1) is 18.6. The Kier molecular flexibility index (Phi) is 5.52. The number of hydrogen-bond acceptors (Lipinski definition) is 5. The summed E-state index contributed by atoms with van der Waals surface area (Å²) in [6.07, 6.45) is 1.35. The van der Waals surface area contributed by atoms with Gasteiger partial charge in [0.15, 0.2) is 11.6 Å². The van der Waals surface area contributed by atoms with Crippen LogP contribution in [-0.4, -0.2) is 17.0 Å². The highest BCUT2D eigenvalue weighted by Crippen LogP contribution is 2.41. The van der Waals surface area contributed by atoms with E-state index in [9.17, 15) is 14.5 Å². The molecule has 3 rings (SSSR count). The molecule has 0 aliphatic carbocycles. The topological polar surface area (TPSA) is 74.5 Å². The summed E-state index contributed by atoms with van der Waals surface area (Å²) in [6.45, 7) is 0.100. The molecule has 138 valence electrons. The molecule has 8 heteroatoms. The predicted molar refractivity (Wildman–Crippen MR) is 98.6 cm³/mol. The molecule has 0 saturated carbocycles. The number of hydrogen-bond donors (Lipinski definition) is 0. The van der Waals surface area contributed by atoms with E-state index in [4.69, 9.17) is 21.1 Å². The summed E-state index contributed by atoms with van der Waals surface area (Å²) in [6, 6.07) is 12.9. The summed E-state index contributed by atoms with van der Waals surface area (Å²) in [7, 11) is 1.30. The van der Waals surface area contributed by atoms with Gasteiger partial charge in [-0.15, -0.1) is 0 Å². The van der Waals surface area contributed by atoms with E-state index in [0.717, 1.165) is 11.6 Å². The SMILES string of the molecule is COc1cc(Cl)c(-c2ccnc(OCc3ccccc3)c2[N+](=O)[O-])cc1F. The highest BCUT2D eigenvalue weighted by Gasteiger charge is 2.26. The summed E-state index contributed by atoms with van der Waals surface area (Å²) in [5, 5.41) is 11.8. The van der Waals surface area contributed by atoms with Crippen LogP contribution in [-0.2, 0) is 6.61 Å². The Morgan fingerprint density at radius 3 is 2.59 bits per heavy atom. The molecule has 0 unspecified atom stereocenters. The molecule has 0 amide bonds. The number of halogens is 2. The maximum atomic E-state index is 14.1. The summed E-state index contributed by atoms with van der Waals surface area (Å²) in [4.78, 5) is 15.0. The van der Waals surface area contributed by atoms with Crippen molar-refractivity contribution < 1.29 is 18.8 Å². The Balaban J connectivity index is 2.04. The van der Waals surface area contributed by atoms with Crippen LogP contribution >= 0.6 is 11.6 Å². The normalized spacial score (nSPS) is 10.5. The molecule has 0 aliphatic heterocycles. The van der Waals surface area contributed by atoms with Crippen LogP contribution in [0.25, 0.3) is 11.1 Å². The molecule has 0 N–H and O–H groups in total. The fourth-order valence-corrected chi connectivity index (χ4v) is 2.81. The number of methoxy groups -OCH3 is 1. The number of rotatable bonds is 6. The van der Waals surface area contributed by atoms with Crippen molar-refractivity contribution in [2.45, 2.75) is 6.61 Å². The molecule has 27 heavy (non-hydrogen) atoms. The highest BCUT2D eigenvalue weighted by atomic mass is 35.5. The van der Waals surface area contributed by atoms with Gasteiger partial charge in [-0.2, -0.15) is 0 Å². The van der Waals surface area contributed by atoms with Crippen LogP contribution in [0.3, 0.4) is 0 Å². The molecule has 0 saturated heterocycles. The van der Waals surface area contributed by atoms with Crippen molar-refractivity contribution >= 4 is 17.3 Å². The lowest BCUT2D eigenvalue weighted by atomic mass is 10.0. The van der Waals surface area contributed by atoms with E-state index < -0.39 is 10.7 Å². The smallest absolute Gasteiger partial charge is 0.338 e. The molecule has 0 atom stereocenters.